The van der Waals surface area contributed by atoms with Crippen LogP contribution in [0.3, 0.4) is 0 Å². The van der Waals surface area contributed by atoms with E-state index in [-0.39, 0.29) is 12.5 Å². The monoisotopic (exact) mass is 236 g/mol. The highest BCUT2D eigenvalue weighted by Crippen LogP contribution is 2.17. The van der Waals surface area contributed by atoms with Crippen LogP contribution in [-0.4, -0.2) is 31.5 Å². The third-order valence-electron chi connectivity index (χ3n) is 2.57. The third-order valence-corrected chi connectivity index (χ3v) is 5.33. The molecule has 90 valence electrons. The molecule has 0 aliphatic carbocycles. The minimum Gasteiger partial charge on any atom is -0.465 e. The molecule has 5 heteroatoms. The molecular weight excluding hydrogens is 216 g/mol. The zero-order chi connectivity index (χ0) is 12.2. The molecule has 4 nitrogen and oxygen atoms in total. The molecule has 0 aromatic heterocycles. The molecule has 0 saturated heterocycles. The fraction of sp³-hybridized carbons (Fsp3) is 0.900. The van der Waals surface area contributed by atoms with Gasteiger partial charge in [-0.1, -0.05) is 13.8 Å². The molecule has 0 N–H and O–H groups in total. The van der Waals surface area contributed by atoms with E-state index in [0.29, 0.717) is 0 Å². The topological polar surface area (TPSA) is 60.4 Å². The predicted octanol–water partition coefficient (Wildman–Crippen LogP) is 1.40. The van der Waals surface area contributed by atoms with Gasteiger partial charge in [0.25, 0.3) is 0 Å². The Morgan fingerprint density at radius 2 is 1.67 bits per heavy atom. The standard InChI is InChI=1S/C10H20O4S/c1-6-14-10(11)9(5)15(12,13)8(4)7(2)3/h7-9H,6H2,1-5H3. The van der Waals surface area contributed by atoms with Crippen molar-refractivity contribution >= 4 is 15.8 Å². The SMILES string of the molecule is CCOC(=O)C(C)S(=O)(=O)C(C)C(C)C. The van der Waals surface area contributed by atoms with Crippen molar-refractivity contribution in [1.29, 1.82) is 0 Å². The van der Waals surface area contributed by atoms with E-state index in [9.17, 15) is 13.2 Å². The first kappa shape index (κ1) is 14.4. The first-order valence-electron chi connectivity index (χ1n) is 5.14. The van der Waals surface area contributed by atoms with Crippen molar-refractivity contribution in [3.05, 3.63) is 0 Å². The highest BCUT2D eigenvalue weighted by atomic mass is 32.2. The molecular formula is C10H20O4S. The molecule has 0 amide bonds. The lowest BCUT2D eigenvalue weighted by Crippen LogP contribution is -2.37. The molecule has 2 atom stereocenters. The van der Waals surface area contributed by atoms with Gasteiger partial charge in [-0.25, -0.2) is 8.42 Å². The zero-order valence-electron chi connectivity index (χ0n) is 9.98. The van der Waals surface area contributed by atoms with Crippen LogP contribution in [0.25, 0.3) is 0 Å². The Balaban J connectivity index is 4.81. The molecule has 0 heterocycles. The fourth-order valence-electron chi connectivity index (χ4n) is 1.10. The maximum absolute atomic E-state index is 11.9. The number of ether oxygens (including phenoxy) is 1. The zero-order valence-corrected chi connectivity index (χ0v) is 10.8. The van der Waals surface area contributed by atoms with Gasteiger partial charge in [0.05, 0.1) is 11.9 Å². The Kier molecular flexibility index (Phi) is 5.28. The first-order valence-corrected chi connectivity index (χ1v) is 6.75. The van der Waals surface area contributed by atoms with Gasteiger partial charge in [-0.3, -0.25) is 4.79 Å². The maximum Gasteiger partial charge on any atom is 0.324 e. The number of hydrogen-bond acceptors (Lipinski definition) is 4. The van der Waals surface area contributed by atoms with Crippen LogP contribution in [0, 0.1) is 5.92 Å². The third kappa shape index (κ3) is 3.48. The second-order valence-electron chi connectivity index (χ2n) is 3.93. The summed E-state index contributed by atoms with van der Waals surface area (Å²) in [4.78, 5) is 11.3. The maximum atomic E-state index is 11.9. The second kappa shape index (κ2) is 5.49. The van der Waals surface area contributed by atoms with Crippen molar-refractivity contribution in [1.82, 2.24) is 0 Å². The Bertz CT molecular complexity index is 305. The van der Waals surface area contributed by atoms with Crippen LogP contribution < -0.4 is 0 Å². The Morgan fingerprint density at radius 3 is 2.00 bits per heavy atom. The lowest BCUT2D eigenvalue weighted by Gasteiger charge is -2.20. The molecule has 0 rings (SSSR count). The van der Waals surface area contributed by atoms with E-state index >= 15 is 0 Å². The highest BCUT2D eigenvalue weighted by molar-refractivity contribution is 7.93. The summed E-state index contributed by atoms with van der Waals surface area (Å²) in [5.41, 5.74) is 0. The molecule has 0 bridgehead atoms. The fourth-order valence-corrected chi connectivity index (χ4v) is 2.83. The van der Waals surface area contributed by atoms with E-state index in [4.69, 9.17) is 4.74 Å². The molecule has 0 aromatic carbocycles. The predicted molar refractivity (Wildman–Crippen MR) is 59.3 cm³/mol. The summed E-state index contributed by atoms with van der Waals surface area (Å²) < 4.78 is 28.5. The van der Waals surface area contributed by atoms with Gasteiger partial charge in [-0.2, -0.15) is 0 Å². The number of rotatable bonds is 5. The van der Waals surface area contributed by atoms with E-state index in [1.165, 1.54) is 6.92 Å². The molecule has 0 saturated carbocycles. The van der Waals surface area contributed by atoms with Gasteiger partial charge in [0.15, 0.2) is 15.1 Å². The van der Waals surface area contributed by atoms with Crippen LogP contribution in [0.15, 0.2) is 0 Å². The van der Waals surface area contributed by atoms with Crippen LogP contribution in [0.5, 0.6) is 0 Å². The van der Waals surface area contributed by atoms with E-state index in [0.717, 1.165) is 0 Å². The summed E-state index contributed by atoms with van der Waals surface area (Å²) in [7, 11) is -3.43. The van der Waals surface area contributed by atoms with Gasteiger partial charge in [0.2, 0.25) is 0 Å². The molecule has 0 radical (unpaired) electrons. The van der Waals surface area contributed by atoms with Crippen molar-refractivity contribution in [3.63, 3.8) is 0 Å². The Morgan fingerprint density at radius 1 is 1.20 bits per heavy atom. The van der Waals surface area contributed by atoms with Gasteiger partial charge >= 0.3 is 5.97 Å². The summed E-state index contributed by atoms with van der Waals surface area (Å²) in [5.74, 6) is -0.670. The minimum absolute atomic E-state index is 0.00752. The lowest BCUT2D eigenvalue weighted by atomic mass is 10.2. The van der Waals surface area contributed by atoms with Crippen LogP contribution in [-0.2, 0) is 19.4 Å². The van der Waals surface area contributed by atoms with Gasteiger partial charge in [0.1, 0.15) is 0 Å². The number of carbonyl (C=O) groups is 1. The molecule has 0 fully saturated rings. The first-order chi connectivity index (χ1) is 6.75. The number of hydrogen-bond donors (Lipinski definition) is 0. The number of sulfone groups is 1. The Labute approximate surface area is 91.9 Å². The molecule has 0 aliphatic heterocycles. The van der Waals surface area contributed by atoms with Gasteiger partial charge in [-0.15, -0.1) is 0 Å². The quantitative estimate of drug-likeness (QED) is 0.677. The summed E-state index contributed by atoms with van der Waals surface area (Å²) in [6, 6.07) is 0. The second-order valence-corrected chi connectivity index (χ2v) is 6.56. The van der Waals surface area contributed by atoms with Crippen molar-refractivity contribution in [3.8, 4) is 0 Å². The largest absolute Gasteiger partial charge is 0.465 e. The molecule has 0 aromatic rings. The average Bonchev–Trinajstić information content (AvgIpc) is 2.15. The number of esters is 1. The van der Waals surface area contributed by atoms with Crippen molar-refractivity contribution in [2.45, 2.75) is 45.1 Å². The smallest absolute Gasteiger partial charge is 0.324 e. The summed E-state index contributed by atoms with van der Waals surface area (Å²) in [5, 5.41) is -1.60. The lowest BCUT2D eigenvalue weighted by molar-refractivity contribution is -0.142. The van der Waals surface area contributed by atoms with Crippen LogP contribution in [0.4, 0.5) is 0 Å². The van der Waals surface area contributed by atoms with Gasteiger partial charge < -0.3 is 4.74 Å². The van der Waals surface area contributed by atoms with E-state index < -0.39 is 26.3 Å². The summed E-state index contributed by atoms with van der Waals surface area (Å²) >= 11 is 0. The van der Waals surface area contributed by atoms with Crippen LogP contribution >= 0.6 is 0 Å². The molecule has 2 unspecified atom stereocenters. The minimum atomic E-state index is -3.43. The number of carbonyl (C=O) groups excluding carboxylic acids is 1. The Hall–Kier alpha value is -0.580. The highest BCUT2D eigenvalue weighted by Gasteiger charge is 2.35. The van der Waals surface area contributed by atoms with E-state index in [2.05, 4.69) is 0 Å². The van der Waals surface area contributed by atoms with Gasteiger partial charge in [-0.05, 0) is 26.7 Å². The van der Waals surface area contributed by atoms with Crippen LogP contribution in [0.2, 0.25) is 0 Å². The average molecular weight is 236 g/mol. The molecule has 0 spiro atoms. The van der Waals surface area contributed by atoms with Crippen molar-refractivity contribution < 1.29 is 17.9 Å². The van der Waals surface area contributed by atoms with E-state index in [1.54, 1.807) is 13.8 Å². The van der Waals surface area contributed by atoms with Crippen LogP contribution in [0.1, 0.15) is 34.6 Å². The summed E-state index contributed by atoms with van der Waals surface area (Å²) in [6.07, 6.45) is 0. The van der Waals surface area contributed by atoms with Crippen molar-refractivity contribution in [2.75, 3.05) is 6.61 Å². The molecule has 0 aliphatic rings. The summed E-state index contributed by atoms with van der Waals surface area (Å²) in [6.45, 7) is 8.50. The van der Waals surface area contributed by atoms with Gasteiger partial charge in [0, 0.05) is 0 Å². The van der Waals surface area contributed by atoms with Crippen molar-refractivity contribution in [2.24, 2.45) is 5.92 Å². The molecule has 15 heavy (non-hydrogen) atoms. The normalized spacial score (nSPS) is 16.1. The van der Waals surface area contributed by atoms with E-state index in [1.807, 2.05) is 13.8 Å².